The van der Waals surface area contributed by atoms with Crippen molar-refractivity contribution in [2.45, 2.75) is 147 Å². The second-order valence-corrected chi connectivity index (χ2v) is 21.6. The van der Waals surface area contributed by atoms with Gasteiger partial charge in [-0.15, -0.1) is 6.58 Å². The molecule has 0 radical (unpaired) electrons. The number of Topliss-reactive ketones (excluding diaryl/α,β-unsaturated/α-hetero) is 1. The number of sulfone groups is 1. The van der Waals surface area contributed by atoms with Gasteiger partial charge < -0.3 is 35.8 Å². The zero-order valence-corrected chi connectivity index (χ0v) is 36.4. The Morgan fingerprint density at radius 2 is 1.63 bits per heavy atom. The number of benzene rings is 1. The molecule has 4 aliphatic rings. The van der Waals surface area contributed by atoms with Crippen molar-refractivity contribution in [1.82, 2.24) is 31.1 Å². The van der Waals surface area contributed by atoms with Crippen LogP contribution in [0.1, 0.15) is 110 Å². The Balaban J connectivity index is 1.39. The molecule has 1 saturated heterocycles. The SMILES string of the molecule is C=CCNC(=O)C(=O)C(CC1CC1)NC(=O)[C@@H]1CC(OC(=O)N2CCc3ccccc3C2)CN1C(=O)[C@@H](NC(=O)NC1(CS(=O)(=O)C(C)(C)C)CCCCC1)C(C)(C)C. The van der Waals surface area contributed by atoms with Crippen LogP contribution in [0.25, 0.3) is 0 Å². The van der Waals surface area contributed by atoms with Crippen molar-refractivity contribution in [3.05, 3.63) is 48.0 Å². The Morgan fingerprint density at radius 3 is 2.24 bits per heavy atom. The van der Waals surface area contributed by atoms with E-state index in [2.05, 4.69) is 27.8 Å². The lowest BCUT2D eigenvalue weighted by Crippen LogP contribution is -2.63. The summed E-state index contributed by atoms with van der Waals surface area (Å²) in [5.41, 5.74) is 0.208. The normalized spacial score (nSPS) is 21.6. The van der Waals surface area contributed by atoms with Crippen molar-refractivity contribution < 1.29 is 41.9 Å². The standard InChI is InChI=1S/C43H64N6O9S/c1-8-21-44-37(52)34(50)32(23-28-16-17-28)45-36(51)33-24-31(58-40(55)48-22-18-29-14-10-11-15-30(29)25-48)26-49(33)38(53)35(41(2,3)4)46-39(54)47-43(19-12-9-13-20-43)27-59(56,57)42(5,6)7/h8,10-11,14-15,28,31-33,35H,1,9,12-13,16-27H2,2-7H3,(H,44,52)(H,45,51)(H2,46,47,54)/t31?,32?,33-,35+/m0/s1. The van der Waals surface area contributed by atoms with Gasteiger partial charge in [0.15, 0.2) is 9.84 Å². The molecule has 16 heteroatoms. The molecule has 2 unspecified atom stereocenters. The van der Waals surface area contributed by atoms with Crippen LogP contribution in [0.15, 0.2) is 36.9 Å². The molecule has 2 aliphatic carbocycles. The molecule has 59 heavy (non-hydrogen) atoms. The van der Waals surface area contributed by atoms with Crippen molar-refractivity contribution in [3.63, 3.8) is 0 Å². The molecule has 2 aliphatic heterocycles. The first-order valence-corrected chi connectivity index (χ1v) is 22.7. The van der Waals surface area contributed by atoms with Crippen molar-refractivity contribution in [1.29, 1.82) is 0 Å². The van der Waals surface area contributed by atoms with E-state index in [1.165, 1.54) is 11.0 Å². The molecule has 0 spiro atoms. The molecule has 5 rings (SSSR count). The zero-order chi connectivity index (χ0) is 43.3. The van der Waals surface area contributed by atoms with Crippen molar-refractivity contribution in [2.75, 3.05) is 25.4 Å². The van der Waals surface area contributed by atoms with Gasteiger partial charge in [0.1, 0.15) is 18.2 Å². The van der Waals surface area contributed by atoms with E-state index in [-0.39, 0.29) is 37.6 Å². The second-order valence-electron chi connectivity index (χ2n) is 18.9. The van der Waals surface area contributed by atoms with Crippen LogP contribution in [0.5, 0.6) is 0 Å². The van der Waals surface area contributed by atoms with Gasteiger partial charge in [0.05, 0.1) is 28.6 Å². The molecule has 6 amide bonds. The molecular formula is C43H64N6O9S. The van der Waals surface area contributed by atoms with Crippen LogP contribution in [0.4, 0.5) is 9.59 Å². The summed E-state index contributed by atoms with van der Waals surface area (Å²) in [7, 11) is -3.63. The number of fused-ring (bicyclic) bond motifs is 1. The maximum Gasteiger partial charge on any atom is 0.410 e. The van der Waals surface area contributed by atoms with E-state index in [4.69, 9.17) is 4.74 Å². The van der Waals surface area contributed by atoms with Crippen LogP contribution in [0, 0.1) is 11.3 Å². The predicted molar refractivity (Wildman–Crippen MR) is 223 cm³/mol. The minimum atomic E-state index is -3.63. The molecule has 4 N–H and O–H groups in total. The summed E-state index contributed by atoms with van der Waals surface area (Å²) < 4.78 is 31.8. The third-order valence-corrected chi connectivity index (χ3v) is 14.8. The van der Waals surface area contributed by atoms with Gasteiger partial charge in [0, 0.05) is 26.1 Å². The number of ketones is 1. The summed E-state index contributed by atoms with van der Waals surface area (Å²) in [6, 6.07) is 3.55. The smallest absolute Gasteiger partial charge is 0.410 e. The summed E-state index contributed by atoms with van der Waals surface area (Å²) in [5, 5.41) is 11.0. The molecule has 326 valence electrons. The van der Waals surface area contributed by atoms with Gasteiger partial charge in [-0.3, -0.25) is 19.2 Å². The highest BCUT2D eigenvalue weighted by atomic mass is 32.2. The number of likely N-dealkylation sites (tertiary alicyclic amines) is 1. The van der Waals surface area contributed by atoms with E-state index in [0.29, 0.717) is 32.4 Å². The Morgan fingerprint density at radius 1 is 0.966 bits per heavy atom. The van der Waals surface area contributed by atoms with Crippen molar-refractivity contribution in [3.8, 4) is 0 Å². The van der Waals surface area contributed by atoms with Gasteiger partial charge in [-0.05, 0) is 68.9 Å². The zero-order valence-electron chi connectivity index (χ0n) is 35.6. The predicted octanol–water partition coefficient (Wildman–Crippen LogP) is 3.94. The monoisotopic (exact) mass is 840 g/mol. The third kappa shape index (κ3) is 11.6. The summed E-state index contributed by atoms with van der Waals surface area (Å²) in [6.07, 6.45) is 5.75. The molecular weight excluding hydrogens is 777 g/mol. The number of carbonyl (C=O) groups is 6. The van der Waals surface area contributed by atoms with Crippen molar-refractivity contribution in [2.24, 2.45) is 11.3 Å². The van der Waals surface area contributed by atoms with Crippen LogP contribution >= 0.6 is 0 Å². The average molecular weight is 841 g/mol. The maximum atomic E-state index is 14.8. The molecule has 0 aromatic heterocycles. The fourth-order valence-corrected chi connectivity index (χ4v) is 9.70. The lowest BCUT2D eigenvalue weighted by Gasteiger charge is -2.41. The Hall–Kier alpha value is -4.47. The van der Waals surface area contributed by atoms with Crippen LogP contribution in [0.3, 0.4) is 0 Å². The minimum Gasteiger partial charge on any atom is -0.444 e. The lowest BCUT2D eigenvalue weighted by atomic mass is 9.83. The Kier molecular flexibility index (Phi) is 14.2. The van der Waals surface area contributed by atoms with Crippen LogP contribution < -0.4 is 21.3 Å². The number of urea groups is 1. The Labute approximate surface area is 349 Å². The van der Waals surface area contributed by atoms with E-state index in [9.17, 15) is 37.2 Å². The number of hydrogen-bond donors (Lipinski definition) is 4. The summed E-state index contributed by atoms with van der Waals surface area (Å²) in [4.78, 5) is 85.6. The molecule has 0 bridgehead atoms. The lowest BCUT2D eigenvalue weighted by molar-refractivity contribution is -0.144. The van der Waals surface area contributed by atoms with E-state index < -0.39 is 85.4 Å². The van der Waals surface area contributed by atoms with Crippen LogP contribution in [-0.2, 0) is 46.7 Å². The Bertz CT molecular complexity index is 1880. The van der Waals surface area contributed by atoms with E-state index in [1.807, 2.05) is 24.3 Å². The fourth-order valence-electron chi connectivity index (χ4n) is 8.18. The van der Waals surface area contributed by atoms with E-state index >= 15 is 0 Å². The summed E-state index contributed by atoms with van der Waals surface area (Å²) in [6.45, 7) is 14.4. The second kappa shape index (κ2) is 18.4. The molecule has 15 nitrogen and oxygen atoms in total. The van der Waals surface area contributed by atoms with E-state index in [0.717, 1.165) is 43.2 Å². The molecule has 3 fully saturated rings. The number of carbonyl (C=O) groups excluding carboxylic acids is 6. The summed E-state index contributed by atoms with van der Waals surface area (Å²) in [5.74, 6) is -3.08. The third-order valence-electron chi connectivity index (χ3n) is 12.0. The number of nitrogens with zero attached hydrogens (tertiary/aromatic N) is 2. The summed E-state index contributed by atoms with van der Waals surface area (Å²) >= 11 is 0. The number of ether oxygens (including phenoxy) is 1. The maximum absolute atomic E-state index is 14.8. The van der Waals surface area contributed by atoms with Crippen molar-refractivity contribution >= 4 is 45.5 Å². The number of rotatable bonds is 14. The van der Waals surface area contributed by atoms with Gasteiger partial charge in [0.2, 0.25) is 17.6 Å². The highest BCUT2D eigenvalue weighted by Gasteiger charge is 2.49. The highest BCUT2D eigenvalue weighted by Crippen LogP contribution is 2.35. The molecule has 1 aromatic carbocycles. The number of hydrogen-bond acceptors (Lipinski definition) is 9. The van der Waals surface area contributed by atoms with Crippen LogP contribution in [0.2, 0.25) is 0 Å². The first-order chi connectivity index (χ1) is 27.6. The molecule has 2 saturated carbocycles. The van der Waals surface area contributed by atoms with E-state index in [1.54, 1.807) is 46.4 Å². The minimum absolute atomic E-state index is 0.0670. The first-order valence-electron chi connectivity index (χ1n) is 21.0. The fraction of sp³-hybridized carbons (Fsp3) is 0.674. The molecule has 2 heterocycles. The van der Waals surface area contributed by atoms with Gasteiger partial charge >= 0.3 is 12.1 Å². The van der Waals surface area contributed by atoms with Crippen LogP contribution in [-0.4, -0.2) is 114 Å². The van der Waals surface area contributed by atoms with Gasteiger partial charge in [0.25, 0.3) is 5.91 Å². The quantitative estimate of drug-likeness (QED) is 0.158. The average Bonchev–Trinajstić information content (AvgIpc) is 3.89. The van der Waals surface area contributed by atoms with Gasteiger partial charge in [-0.1, -0.05) is 83.2 Å². The largest absolute Gasteiger partial charge is 0.444 e. The molecule has 1 aromatic rings. The molecule has 4 atom stereocenters. The topological polar surface area (TPSA) is 200 Å². The number of nitrogens with one attached hydrogen (secondary N) is 4. The first kappa shape index (κ1) is 45.6. The van der Waals surface area contributed by atoms with Gasteiger partial charge in [-0.2, -0.15) is 0 Å². The van der Waals surface area contributed by atoms with Gasteiger partial charge in [-0.25, -0.2) is 18.0 Å². The number of amides is 6. The highest BCUT2D eigenvalue weighted by molar-refractivity contribution is 7.92.